The molecule has 0 saturated heterocycles. The normalized spacial score (nSPS) is 15.0. The highest BCUT2D eigenvalue weighted by Crippen LogP contribution is 2.41. The highest BCUT2D eigenvalue weighted by Gasteiger charge is 2.40. The fourth-order valence-corrected chi connectivity index (χ4v) is 4.80. The van der Waals surface area contributed by atoms with Gasteiger partial charge in [0.1, 0.15) is 5.82 Å². The van der Waals surface area contributed by atoms with E-state index in [0.717, 1.165) is 11.3 Å². The second-order valence-electron chi connectivity index (χ2n) is 11.3. The highest BCUT2D eigenvalue weighted by molar-refractivity contribution is 6.74. The highest BCUT2D eigenvalue weighted by atomic mass is 35.5. The maximum absolute atomic E-state index is 14.3. The van der Waals surface area contributed by atoms with Crippen molar-refractivity contribution in [3.8, 4) is 0 Å². The first-order chi connectivity index (χ1) is 14.7. The van der Waals surface area contributed by atoms with Gasteiger partial charge in [-0.05, 0) is 52.7 Å². The molecule has 178 valence electrons. The van der Waals surface area contributed by atoms with Gasteiger partial charge in [-0.15, -0.1) is 0 Å². The predicted octanol–water partition coefficient (Wildman–Crippen LogP) is 7.22. The van der Waals surface area contributed by atoms with E-state index < -0.39 is 8.32 Å². The maximum Gasteiger partial charge on any atom is 0.191 e. The SMILES string of the molecule is CC(C)(C)[C@@H](CO[Si](C)(C)C(C)(C)C)C(CO)c1ccc(Cc2cccc(Cl)c2F)cn1. The molecule has 2 atom stereocenters. The number of rotatable bonds is 8. The minimum Gasteiger partial charge on any atom is -0.417 e. The Hall–Kier alpha value is -1.27. The monoisotopic (exact) mass is 479 g/mol. The molecule has 2 rings (SSSR count). The molecule has 1 unspecified atom stereocenters. The zero-order valence-electron chi connectivity index (χ0n) is 20.8. The third kappa shape index (κ3) is 6.63. The summed E-state index contributed by atoms with van der Waals surface area (Å²) in [5.74, 6) is -0.427. The van der Waals surface area contributed by atoms with E-state index in [1.807, 2.05) is 12.1 Å². The van der Waals surface area contributed by atoms with E-state index in [9.17, 15) is 9.50 Å². The van der Waals surface area contributed by atoms with Crippen molar-refractivity contribution >= 4 is 19.9 Å². The molecule has 1 aromatic heterocycles. The molecular formula is C26H39ClFNO2Si. The third-order valence-electron chi connectivity index (χ3n) is 6.88. The van der Waals surface area contributed by atoms with Crippen LogP contribution in [0, 0.1) is 17.2 Å². The van der Waals surface area contributed by atoms with Crippen molar-refractivity contribution in [3.63, 3.8) is 0 Å². The van der Waals surface area contributed by atoms with Gasteiger partial charge in [0, 0.05) is 30.8 Å². The van der Waals surface area contributed by atoms with Crippen LogP contribution in [0.5, 0.6) is 0 Å². The lowest BCUT2D eigenvalue weighted by Gasteiger charge is -2.41. The van der Waals surface area contributed by atoms with E-state index in [1.54, 1.807) is 24.4 Å². The molecule has 0 radical (unpaired) electrons. The summed E-state index contributed by atoms with van der Waals surface area (Å²) in [5, 5.41) is 10.6. The molecule has 0 spiro atoms. The predicted molar refractivity (Wildman–Crippen MR) is 134 cm³/mol. The van der Waals surface area contributed by atoms with Gasteiger partial charge in [-0.1, -0.05) is 71.3 Å². The molecule has 1 heterocycles. The zero-order valence-corrected chi connectivity index (χ0v) is 22.6. The molecule has 1 N–H and O–H groups in total. The van der Waals surface area contributed by atoms with Crippen LogP contribution in [0.3, 0.4) is 0 Å². The number of hydrogen-bond acceptors (Lipinski definition) is 3. The van der Waals surface area contributed by atoms with Crippen molar-refractivity contribution in [2.75, 3.05) is 13.2 Å². The van der Waals surface area contributed by atoms with Crippen LogP contribution < -0.4 is 0 Å². The Labute approximate surface area is 199 Å². The molecule has 0 aliphatic heterocycles. The molecule has 6 heteroatoms. The first kappa shape index (κ1) is 27.0. The molecule has 0 aliphatic carbocycles. The largest absolute Gasteiger partial charge is 0.417 e. The molecule has 32 heavy (non-hydrogen) atoms. The number of halogens is 2. The molecule has 3 nitrogen and oxygen atoms in total. The Bertz CT molecular complexity index is 888. The topological polar surface area (TPSA) is 42.4 Å². The van der Waals surface area contributed by atoms with Gasteiger partial charge >= 0.3 is 0 Å². The number of aliphatic hydroxyl groups is 1. The van der Waals surface area contributed by atoms with Crippen LogP contribution in [0.1, 0.15) is 64.3 Å². The van der Waals surface area contributed by atoms with Crippen LogP contribution in [-0.2, 0) is 10.8 Å². The van der Waals surface area contributed by atoms with Gasteiger partial charge in [-0.3, -0.25) is 4.98 Å². The van der Waals surface area contributed by atoms with E-state index in [0.29, 0.717) is 18.6 Å². The quantitative estimate of drug-likeness (QED) is 0.406. The van der Waals surface area contributed by atoms with Crippen molar-refractivity contribution in [2.45, 2.75) is 72.0 Å². The van der Waals surface area contributed by atoms with Crippen LogP contribution in [-0.4, -0.2) is 31.6 Å². The van der Waals surface area contributed by atoms with Gasteiger partial charge < -0.3 is 9.53 Å². The summed E-state index contributed by atoms with van der Waals surface area (Å²) in [6.45, 7) is 18.3. The van der Waals surface area contributed by atoms with Gasteiger partial charge in [0.15, 0.2) is 8.32 Å². The van der Waals surface area contributed by atoms with Crippen LogP contribution in [0.4, 0.5) is 4.39 Å². The number of benzene rings is 1. The fraction of sp³-hybridized carbons (Fsp3) is 0.577. The van der Waals surface area contributed by atoms with Crippen molar-refractivity contribution in [1.29, 1.82) is 0 Å². The Morgan fingerprint density at radius 2 is 1.75 bits per heavy atom. The average Bonchev–Trinajstić information content (AvgIpc) is 2.67. The van der Waals surface area contributed by atoms with Crippen LogP contribution in [0.15, 0.2) is 36.5 Å². The standard InChI is InChI=1S/C26H39ClFNO2Si/c1-25(2,3)21(17-31-32(7,8)26(4,5)6)20(16-30)23-13-12-18(15-29-23)14-19-10-9-11-22(27)24(19)28/h9-13,15,20-21,30H,14,16-17H2,1-8H3/t20?,21-/m0/s1. The molecule has 2 aromatic rings. The van der Waals surface area contributed by atoms with Gasteiger partial charge in [0.25, 0.3) is 0 Å². The second-order valence-corrected chi connectivity index (χ2v) is 16.5. The summed E-state index contributed by atoms with van der Waals surface area (Å²) < 4.78 is 20.8. The van der Waals surface area contributed by atoms with E-state index in [-0.39, 0.29) is 39.7 Å². The number of aromatic nitrogens is 1. The lowest BCUT2D eigenvalue weighted by molar-refractivity contribution is 0.0830. The minimum absolute atomic E-state index is 0.00192. The molecule has 0 amide bonds. The molecule has 0 fully saturated rings. The maximum atomic E-state index is 14.3. The molecule has 1 aromatic carbocycles. The van der Waals surface area contributed by atoms with Crippen molar-refractivity contribution in [1.82, 2.24) is 4.98 Å². The Morgan fingerprint density at radius 1 is 1.09 bits per heavy atom. The average molecular weight is 480 g/mol. The minimum atomic E-state index is -1.92. The molecule has 0 saturated carbocycles. The van der Waals surface area contributed by atoms with Gasteiger partial charge in [0.2, 0.25) is 0 Å². The van der Waals surface area contributed by atoms with E-state index in [1.165, 1.54) is 0 Å². The summed E-state index contributed by atoms with van der Waals surface area (Å²) >= 11 is 5.91. The van der Waals surface area contributed by atoms with Crippen LogP contribution in [0.25, 0.3) is 0 Å². The van der Waals surface area contributed by atoms with Crippen LogP contribution in [0.2, 0.25) is 23.2 Å². The summed E-state index contributed by atoms with van der Waals surface area (Å²) in [6, 6.07) is 8.94. The van der Waals surface area contributed by atoms with E-state index >= 15 is 0 Å². The first-order valence-corrected chi connectivity index (χ1v) is 14.6. The summed E-state index contributed by atoms with van der Waals surface area (Å²) in [7, 11) is -1.92. The van der Waals surface area contributed by atoms with Crippen LogP contribution >= 0.6 is 11.6 Å². The Kier molecular flexibility index (Phi) is 8.71. The number of pyridine rings is 1. The molecule has 0 aliphatic rings. The van der Waals surface area contributed by atoms with Crippen molar-refractivity contribution in [2.24, 2.45) is 11.3 Å². The van der Waals surface area contributed by atoms with E-state index in [2.05, 4.69) is 59.6 Å². The Balaban J connectivity index is 2.24. The smallest absolute Gasteiger partial charge is 0.191 e. The number of nitrogens with zero attached hydrogens (tertiary/aromatic N) is 1. The third-order valence-corrected chi connectivity index (χ3v) is 11.7. The number of aliphatic hydroxyl groups excluding tert-OH is 1. The summed E-state index contributed by atoms with van der Waals surface area (Å²) in [5.41, 5.74) is 2.21. The van der Waals surface area contributed by atoms with Gasteiger partial charge in [-0.25, -0.2) is 4.39 Å². The fourth-order valence-electron chi connectivity index (χ4n) is 3.58. The van der Waals surface area contributed by atoms with Gasteiger partial charge in [-0.2, -0.15) is 0 Å². The molecule has 0 bridgehead atoms. The van der Waals surface area contributed by atoms with E-state index in [4.69, 9.17) is 16.0 Å². The second kappa shape index (κ2) is 10.3. The summed E-state index contributed by atoms with van der Waals surface area (Å²) in [6.07, 6.45) is 2.19. The lowest BCUT2D eigenvalue weighted by atomic mass is 9.72. The van der Waals surface area contributed by atoms with Gasteiger partial charge in [0.05, 0.1) is 11.6 Å². The number of hydrogen-bond donors (Lipinski definition) is 1. The first-order valence-electron chi connectivity index (χ1n) is 11.3. The summed E-state index contributed by atoms with van der Waals surface area (Å²) in [4.78, 5) is 4.67. The zero-order chi connectivity index (χ0) is 24.3. The Morgan fingerprint density at radius 3 is 2.25 bits per heavy atom. The lowest BCUT2D eigenvalue weighted by Crippen LogP contribution is -2.44. The van der Waals surface area contributed by atoms with Crippen molar-refractivity contribution < 1.29 is 13.9 Å². The molecular weight excluding hydrogens is 441 g/mol. The van der Waals surface area contributed by atoms with Crippen molar-refractivity contribution in [3.05, 3.63) is 64.2 Å².